The minimum absolute atomic E-state index is 0.0329. The summed E-state index contributed by atoms with van der Waals surface area (Å²) >= 11 is 0. The van der Waals surface area contributed by atoms with Crippen LogP contribution in [0.2, 0.25) is 0 Å². The number of hydrogen-bond acceptors (Lipinski definition) is 5. The molecule has 0 N–H and O–H groups in total. The highest BCUT2D eigenvalue weighted by molar-refractivity contribution is 5.72. The van der Waals surface area contributed by atoms with E-state index >= 15 is 0 Å². The van der Waals surface area contributed by atoms with Gasteiger partial charge in [-0.05, 0) is 37.0 Å². The van der Waals surface area contributed by atoms with Gasteiger partial charge in [0.15, 0.2) is 11.2 Å². The van der Waals surface area contributed by atoms with Gasteiger partial charge in [-0.15, -0.1) is 0 Å². The number of halogens is 1. The molecule has 0 saturated carbocycles. The summed E-state index contributed by atoms with van der Waals surface area (Å²) in [6, 6.07) is 6.23. The summed E-state index contributed by atoms with van der Waals surface area (Å²) in [5.41, 5.74) is 0.371. The molecule has 0 spiro atoms. The summed E-state index contributed by atoms with van der Waals surface area (Å²) in [7, 11) is 2.99. The number of ether oxygens (including phenoxy) is 2. The van der Waals surface area contributed by atoms with Crippen molar-refractivity contribution < 1.29 is 13.9 Å². The molecule has 1 saturated heterocycles. The SMILES string of the molecule is Cn1c(=O)c2c(nc(OCC3CCCCO3)n2Cc2ccc(F)cc2)n(C)c1=O. The second-order valence-corrected chi connectivity index (χ2v) is 7.28. The summed E-state index contributed by atoms with van der Waals surface area (Å²) in [5.74, 6) is -0.339. The molecule has 9 heteroatoms. The van der Waals surface area contributed by atoms with Gasteiger partial charge >= 0.3 is 5.69 Å². The van der Waals surface area contributed by atoms with E-state index in [2.05, 4.69) is 4.98 Å². The number of aryl methyl sites for hydroxylation is 1. The highest BCUT2D eigenvalue weighted by atomic mass is 19.1. The Hall–Kier alpha value is -2.94. The van der Waals surface area contributed by atoms with Crippen molar-refractivity contribution in [3.8, 4) is 6.01 Å². The minimum atomic E-state index is -0.462. The van der Waals surface area contributed by atoms with E-state index in [1.54, 1.807) is 23.7 Å². The number of imidazole rings is 1. The molecular weight excluding hydrogens is 379 g/mol. The fourth-order valence-corrected chi connectivity index (χ4v) is 3.56. The summed E-state index contributed by atoms with van der Waals surface area (Å²) in [4.78, 5) is 29.6. The standard InChI is InChI=1S/C20H23FN4O4/c1-23-17-16(18(26)24(2)20(23)27)25(11-13-6-8-14(21)9-7-13)19(22-17)29-12-15-5-3-4-10-28-15/h6-9,15H,3-5,10-12H2,1-2H3. The predicted octanol–water partition coefficient (Wildman–Crippen LogP) is 1.57. The monoisotopic (exact) mass is 402 g/mol. The molecule has 1 unspecified atom stereocenters. The molecule has 8 nitrogen and oxygen atoms in total. The van der Waals surface area contributed by atoms with Crippen LogP contribution >= 0.6 is 0 Å². The lowest BCUT2D eigenvalue weighted by Crippen LogP contribution is -2.37. The zero-order chi connectivity index (χ0) is 20.5. The second-order valence-electron chi connectivity index (χ2n) is 7.28. The molecule has 1 aliphatic heterocycles. The molecule has 1 aromatic carbocycles. The van der Waals surface area contributed by atoms with Gasteiger partial charge in [-0.2, -0.15) is 4.98 Å². The Kier molecular flexibility index (Phi) is 5.23. The maximum atomic E-state index is 13.3. The Bertz CT molecular complexity index is 1140. The molecule has 1 aliphatic rings. The first kappa shape index (κ1) is 19.4. The second kappa shape index (κ2) is 7.82. The summed E-state index contributed by atoms with van der Waals surface area (Å²) < 4.78 is 28.9. The molecule has 154 valence electrons. The van der Waals surface area contributed by atoms with Crippen LogP contribution in [0.4, 0.5) is 4.39 Å². The van der Waals surface area contributed by atoms with Gasteiger partial charge in [0.1, 0.15) is 12.4 Å². The van der Waals surface area contributed by atoms with Gasteiger partial charge in [0.25, 0.3) is 11.6 Å². The molecular formula is C20H23FN4O4. The van der Waals surface area contributed by atoms with Gasteiger partial charge in [0.05, 0.1) is 12.6 Å². The number of benzene rings is 1. The molecule has 3 heterocycles. The van der Waals surface area contributed by atoms with Crippen molar-refractivity contribution in [2.45, 2.75) is 31.9 Å². The molecule has 3 aromatic rings. The van der Waals surface area contributed by atoms with E-state index in [-0.39, 0.29) is 35.6 Å². The number of rotatable bonds is 5. The van der Waals surface area contributed by atoms with Crippen LogP contribution in [-0.2, 0) is 25.4 Å². The molecule has 0 bridgehead atoms. The van der Waals surface area contributed by atoms with Crippen LogP contribution in [0.5, 0.6) is 6.01 Å². The summed E-state index contributed by atoms with van der Waals surface area (Å²) in [5, 5.41) is 0. The van der Waals surface area contributed by atoms with E-state index < -0.39 is 11.2 Å². The average Bonchev–Trinajstić information content (AvgIpc) is 3.10. The van der Waals surface area contributed by atoms with Gasteiger partial charge in [0.2, 0.25) is 0 Å². The van der Waals surface area contributed by atoms with Gasteiger partial charge in [-0.3, -0.25) is 18.5 Å². The van der Waals surface area contributed by atoms with Crippen LogP contribution in [0.3, 0.4) is 0 Å². The van der Waals surface area contributed by atoms with Crippen LogP contribution < -0.4 is 16.0 Å². The first-order valence-corrected chi connectivity index (χ1v) is 9.61. The summed E-state index contributed by atoms with van der Waals surface area (Å²) in [6.07, 6.45) is 2.99. The van der Waals surface area contributed by atoms with Crippen molar-refractivity contribution in [2.75, 3.05) is 13.2 Å². The lowest BCUT2D eigenvalue weighted by atomic mass is 10.1. The molecule has 29 heavy (non-hydrogen) atoms. The van der Waals surface area contributed by atoms with Crippen LogP contribution in [0.25, 0.3) is 11.2 Å². The lowest BCUT2D eigenvalue weighted by Gasteiger charge is -2.22. The first-order valence-electron chi connectivity index (χ1n) is 9.61. The van der Waals surface area contributed by atoms with Crippen molar-refractivity contribution in [2.24, 2.45) is 14.1 Å². The molecule has 1 fully saturated rings. The van der Waals surface area contributed by atoms with Crippen LogP contribution in [0, 0.1) is 5.82 Å². The van der Waals surface area contributed by atoms with Crippen LogP contribution in [-0.4, -0.2) is 38.0 Å². The molecule has 0 aliphatic carbocycles. The van der Waals surface area contributed by atoms with E-state index in [9.17, 15) is 14.0 Å². The Morgan fingerprint density at radius 1 is 1.17 bits per heavy atom. The van der Waals surface area contributed by atoms with Crippen molar-refractivity contribution in [3.05, 3.63) is 56.5 Å². The Morgan fingerprint density at radius 3 is 2.62 bits per heavy atom. The van der Waals surface area contributed by atoms with Gasteiger partial charge in [-0.25, -0.2) is 9.18 Å². The van der Waals surface area contributed by atoms with E-state index in [0.717, 1.165) is 29.4 Å². The molecule has 0 amide bonds. The fraction of sp³-hybridized carbons (Fsp3) is 0.450. The van der Waals surface area contributed by atoms with Crippen molar-refractivity contribution in [3.63, 3.8) is 0 Å². The lowest BCUT2D eigenvalue weighted by molar-refractivity contribution is -0.0134. The molecule has 1 atom stereocenters. The van der Waals surface area contributed by atoms with Crippen molar-refractivity contribution in [1.29, 1.82) is 0 Å². The van der Waals surface area contributed by atoms with Crippen LogP contribution in [0.1, 0.15) is 24.8 Å². The third-order valence-electron chi connectivity index (χ3n) is 5.24. The Morgan fingerprint density at radius 2 is 1.93 bits per heavy atom. The third kappa shape index (κ3) is 3.69. The Balaban J connectivity index is 1.78. The first-order chi connectivity index (χ1) is 14.0. The minimum Gasteiger partial charge on any atom is -0.462 e. The highest BCUT2D eigenvalue weighted by Crippen LogP contribution is 2.21. The topological polar surface area (TPSA) is 80.3 Å². The summed E-state index contributed by atoms with van der Waals surface area (Å²) in [6.45, 7) is 1.27. The largest absolute Gasteiger partial charge is 0.462 e. The van der Waals surface area contributed by atoms with Gasteiger partial charge < -0.3 is 9.47 Å². The maximum absolute atomic E-state index is 13.3. The number of hydrogen-bond donors (Lipinski definition) is 0. The zero-order valence-corrected chi connectivity index (χ0v) is 16.4. The quantitative estimate of drug-likeness (QED) is 0.647. The van der Waals surface area contributed by atoms with E-state index in [1.807, 2.05) is 0 Å². The van der Waals surface area contributed by atoms with E-state index in [4.69, 9.17) is 9.47 Å². The smallest absolute Gasteiger partial charge is 0.332 e. The predicted molar refractivity (Wildman–Crippen MR) is 105 cm³/mol. The Labute approximate surface area is 166 Å². The number of nitrogens with zero attached hydrogens (tertiary/aromatic N) is 4. The molecule has 4 rings (SSSR count). The maximum Gasteiger partial charge on any atom is 0.332 e. The third-order valence-corrected chi connectivity index (χ3v) is 5.24. The fourth-order valence-electron chi connectivity index (χ4n) is 3.56. The van der Waals surface area contributed by atoms with E-state index in [1.165, 1.54) is 23.7 Å². The normalized spacial score (nSPS) is 17.0. The molecule has 0 radical (unpaired) electrons. The number of fused-ring (bicyclic) bond motifs is 1. The van der Waals surface area contributed by atoms with Gasteiger partial charge in [0, 0.05) is 20.7 Å². The highest BCUT2D eigenvalue weighted by Gasteiger charge is 2.22. The van der Waals surface area contributed by atoms with E-state index in [0.29, 0.717) is 13.2 Å². The van der Waals surface area contributed by atoms with Crippen molar-refractivity contribution >= 4 is 11.2 Å². The van der Waals surface area contributed by atoms with Crippen LogP contribution in [0.15, 0.2) is 33.9 Å². The van der Waals surface area contributed by atoms with Crippen molar-refractivity contribution in [1.82, 2.24) is 18.7 Å². The average molecular weight is 402 g/mol. The van der Waals surface area contributed by atoms with Gasteiger partial charge in [-0.1, -0.05) is 12.1 Å². The number of aromatic nitrogens is 4. The zero-order valence-electron chi connectivity index (χ0n) is 16.4. The molecule has 2 aromatic heterocycles.